The Hall–Kier alpha value is -1.13. The molecule has 0 saturated heterocycles. The SMILES string of the molecule is C=CC(=O)OC(O)CCC.C=CCO. The van der Waals surface area contributed by atoms with Gasteiger partial charge in [0.15, 0.2) is 0 Å². The van der Waals surface area contributed by atoms with E-state index in [1.165, 1.54) is 6.08 Å². The van der Waals surface area contributed by atoms with E-state index in [4.69, 9.17) is 10.2 Å². The molecule has 0 fully saturated rings. The summed E-state index contributed by atoms with van der Waals surface area (Å²) in [5, 5.41) is 16.6. The van der Waals surface area contributed by atoms with Gasteiger partial charge in [-0.15, -0.1) is 6.58 Å². The van der Waals surface area contributed by atoms with E-state index in [1.54, 1.807) is 0 Å². The largest absolute Gasteiger partial charge is 0.433 e. The Balaban J connectivity index is 0. The van der Waals surface area contributed by atoms with Gasteiger partial charge in [-0.2, -0.15) is 0 Å². The number of carbonyl (C=O) groups is 1. The van der Waals surface area contributed by atoms with Gasteiger partial charge in [0.05, 0.1) is 6.61 Å². The van der Waals surface area contributed by atoms with E-state index in [0.717, 1.165) is 12.5 Å². The highest BCUT2D eigenvalue weighted by Gasteiger charge is 2.05. The summed E-state index contributed by atoms with van der Waals surface area (Å²) in [7, 11) is 0. The van der Waals surface area contributed by atoms with Gasteiger partial charge in [-0.05, 0) is 0 Å². The number of carbonyl (C=O) groups excluding carboxylic acids is 1. The Labute approximate surface area is 84.5 Å². The van der Waals surface area contributed by atoms with Crippen molar-refractivity contribution in [2.24, 2.45) is 0 Å². The first-order chi connectivity index (χ1) is 6.62. The van der Waals surface area contributed by atoms with Crippen molar-refractivity contribution in [1.82, 2.24) is 0 Å². The van der Waals surface area contributed by atoms with Gasteiger partial charge >= 0.3 is 5.97 Å². The van der Waals surface area contributed by atoms with Crippen molar-refractivity contribution in [3.63, 3.8) is 0 Å². The average Bonchev–Trinajstić information content (AvgIpc) is 2.18. The highest BCUT2D eigenvalue weighted by molar-refractivity contribution is 5.81. The van der Waals surface area contributed by atoms with Crippen LogP contribution in [-0.2, 0) is 9.53 Å². The Bertz CT molecular complexity index is 166. The number of aliphatic hydroxyl groups excluding tert-OH is 2. The third-order valence-electron chi connectivity index (χ3n) is 1.08. The molecule has 14 heavy (non-hydrogen) atoms. The number of hydrogen-bond donors (Lipinski definition) is 2. The summed E-state index contributed by atoms with van der Waals surface area (Å²) in [6.07, 6.45) is 2.74. The fraction of sp³-hybridized carbons (Fsp3) is 0.500. The van der Waals surface area contributed by atoms with Crippen molar-refractivity contribution in [2.75, 3.05) is 6.61 Å². The van der Waals surface area contributed by atoms with Crippen LogP contribution in [0.15, 0.2) is 25.3 Å². The van der Waals surface area contributed by atoms with E-state index in [0.29, 0.717) is 6.42 Å². The average molecular weight is 202 g/mol. The van der Waals surface area contributed by atoms with Gasteiger partial charge in [-0.1, -0.05) is 26.0 Å². The predicted octanol–water partition coefficient (Wildman–Crippen LogP) is 0.999. The molecule has 1 atom stereocenters. The van der Waals surface area contributed by atoms with E-state index in [-0.39, 0.29) is 6.61 Å². The number of hydrogen-bond acceptors (Lipinski definition) is 4. The lowest BCUT2D eigenvalue weighted by molar-refractivity contribution is -0.162. The second-order valence-corrected chi connectivity index (χ2v) is 2.36. The van der Waals surface area contributed by atoms with Crippen LogP contribution in [0.2, 0.25) is 0 Å². The number of ether oxygens (including phenoxy) is 1. The summed E-state index contributed by atoms with van der Waals surface area (Å²) in [5.41, 5.74) is 0. The molecule has 4 nitrogen and oxygen atoms in total. The van der Waals surface area contributed by atoms with Crippen LogP contribution >= 0.6 is 0 Å². The van der Waals surface area contributed by atoms with Gasteiger partial charge in [-0.3, -0.25) is 0 Å². The van der Waals surface area contributed by atoms with Crippen LogP contribution in [0.3, 0.4) is 0 Å². The zero-order valence-electron chi connectivity index (χ0n) is 8.48. The summed E-state index contributed by atoms with van der Waals surface area (Å²) in [6, 6.07) is 0. The van der Waals surface area contributed by atoms with Gasteiger partial charge in [0.25, 0.3) is 0 Å². The van der Waals surface area contributed by atoms with Crippen LogP contribution in [0.25, 0.3) is 0 Å². The normalized spacial score (nSPS) is 10.5. The minimum absolute atomic E-state index is 0.0833. The second-order valence-electron chi connectivity index (χ2n) is 2.36. The second kappa shape index (κ2) is 11.9. The van der Waals surface area contributed by atoms with Crippen molar-refractivity contribution in [2.45, 2.75) is 26.1 Å². The number of esters is 1. The monoisotopic (exact) mass is 202 g/mol. The molecule has 0 spiro atoms. The molecule has 0 rings (SSSR count). The Morgan fingerprint density at radius 1 is 1.57 bits per heavy atom. The first-order valence-electron chi connectivity index (χ1n) is 4.35. The zero-order valence-corrected chi connectivity index (χ0v) is 8.48. The molecule has 2 N–H and O–H groups in total. The van der Waals surface area contributed by atoms with Crippen LogP contribution in [0, 0.1) is 0 Å². The Morgan fingerprint density at radius 3 is 2.36 bits per heavy atom. The van der Waals surface area contributed by atoms with Crippen molar-refractivity contribution < 1.29 is 19.7 Å². The molecule has 0 aromatic heterocycles. The maximum Gasteiger partial charge on any atom is 0.332 e. The Morgan fingerprint density at radius 2 is 2.07 bits per heavy atom. The van der Waals surface area contributed by atoms with Crippen LogP contribution in [0.4, 0.5) is 0 Å². The maximum atomic E-state index is 10.4. The predicted molar refractivity (Wildman–Crippen MR) is 54.5 cm³/mol. The summed E-state index contributed by atoms with van der Waals surface area (Å²) >= 11 is 0. The molecule has 0 saturated carbocycles. The van der Waals surface area contributed by atoms with E-state index >= 15 is 0 Å². The van der Waals surface area contributed by atoms with E-state index in [2.05, 4.69) is 17.9 Å². The Kier molecular flexibility index (Phi) is 13.0. The lowest BCUT2D eigenvalue weighted by Crippen LogP contribution is -2.15. The number of rotatable bonds is 5. The number of aliphatic hydroxyl groups is 2. The van der Waals surface area contributed by atoms with E-state index < -0.39 is 12.3 Å². The fourth-order valence-corrected chi connectivity index (χ4v) is 0.488. The first-order valence-corrected chi connectivity index (χ1v) is 4.35. The molecule has 0 amide bonds. The molecule has 0 radical (unpaired) electrons. The molecule has 0 aliphatic carbocycles. The van der Waals surface area contributed by atoms with Gasteiger partial charge in [0.2, 0.25) is 6.29 Å². The summed E-state index contributed by atoms with van der Waals surface area (Å²) in [6.45, 7) is 8.39. The van der Waals surface area contributed by atoms with E-state index in [9.17, 15) is 4.79 Å². The fourth-order valence-electron chi connectivity index (χ4n) is 0.488. The maximum absolute atomic E-state index is 10.4. The highest BCUT2D eigenvalue weighted by atomic mass is 16.6. The molecule has 0 aromatic carbocycles. The van der Waals surface area contributed by atoms with Crippen molar-refractivity contribution >= 4 is 5.97 Å². The standard InChI is InChI=1S/C7H12O3.C3H6O/c1-3-5-7(9)10-6(8)4-2;1-2-3-4/h4,7,9H,2-3,5H2,1H3;2,4H,1,3H2. The molecule has 1 unspecified atom stereocenters. The topological polar surface area (TPSA) is 66.8 Å². The molecule has 0 bridgehead atoms. The first kappa shape index (κ1) is 15.3. The zero-order chi connectivity index (χ0) is 11.4. The van der Waals surface area contributed by atoms with Crippen molar-refractivity contribution in [3.05, 3.63) is 25.3 Å². The molecule has 4 heteroatoms. The van der Waals surface area contributed by atoms with Crippen molar-refractivity contribution in [3.8, 4) is 0 Å². The van der Waals surface area contributed by atoms with Gasteiger partial charge in [0.1, 0.15) is 0 Å². The molecule has 0 aliphatic rings. The lowest BCUT2D eigenvalue weighted by atomic mass is 10.3. The quantitative estimate of drug-likeness (QED) is 0.302. The smallest absolute Gasteiger partial charge is 0.332 e. The van der Waals surface area contributed by atoms with Crippen LogP contribution in [-0.4, -0.2) is 29.1 Å². The van der Waals surface area contributed by atoms with Gasteiger partial charge < -0.3 is 14.9 Å². The summed E-state index contributed by atoms with van der Waals surface area (Å²) in [4.78, 5) is 10.4. The lowest BCUT2D eigenvalue weighted by Gasteiger charge is -2.07. The molecule has 0 heterocycles. The highest BCUT2D eigenvalue weighted by Crippen LogP contribution is 1.97. The van der Waals surface area contributed by atoms with Gasteiger partial charge in [0, 0.05) is 12.5 Å². The molecular weight excluding hydrogens is 184 g/mol. The minimum Gasteiger partial charge on any atom is -0.433 e. The van der Waals surface area contributed by atoms with Crippen molar-refractivity contribution in [1.29, 1.82) is 0 Å². The molecule has 82 valence electrons. The van der Waals surface area contributed by atoms with Crippen LogP contribution < -0.4 is 0 Å². The molecule has 0 aliphatic heterocycles. The molecule has 0 aromatic rings. The minimum atomic E-state index is -0.976. The van der Waals surface area contributed by atoms with E-state index in [1.807, 2.05) is 6.92 Å². The van der Waals surface area contributed by atoms with Crippen LogP contribution in [0.1, 0.15) is 19.8 Å². The van der Waals surface area contributed by atoms with Gasteiger partial charge in [-0.25, -0.2) is 4.79 Å². The van der Waals surface area contributed by atoms with Crippen LogP contribution in [0.5, 0.6) is 0 Å². The summed E-state index contributed by atoms with van der Waals surface area (Å²) < 4.78 is 4.44. The third kappa shape index (κ3) is 13.5. The molecular formula is C10H18O4. The summed E-state index contributed by atoms with van der Waals surface area (Å²) in [5.74, 6) is -0.582. The third-order valence-corrected chi connectivity index (χ3v) is 1.08.